The zero-order chi connectivity index (χ0) is 25.5. The van der Waals surface area contributed by atoms with E-state index in [1.165, 1.54) is 43.7 Å². The summed E-state index contributed by atoms with van der Waals surface area (Å²) in [6.07, 6.45) is -6.87. The quantitative estimate of drug-likeness (QED) is 0.342. The smallest absolute Gasteiger partial charge is 0.327 e. The van der Waals surface area contributed by atoms with Crippen LogP contribution in [0.4, 0.5) is 22.0 Å². The fourth-order valence-electron chi connectivity index (χ4n) is 3.29. The van der Waals surface area contributed by atoms with Gasteiger partial charge in [-0.15, -0.1) is 0 Å². The maximum Gasteiger partial charge on any atom is 0.327 e. The largest absolute Gasteiger partial charge is 0.459 e. The molecule has 0 heterocycles. The lowest BCUT2D eigenvalue weighted by molar-refractivity contribution is -0.202. The summed E-state index contributed by atoms with van der Waals surface area (Å²) >= 11 is 0. The number of halogens is 5. The Kier molecular flexibility index (Phi) is 7.38. The zero-order valence-electron chi connectivity index (χ0n) is 18.4. The molecule has 0 saturated heterocycles. The summed E-state index contributed by atoms with van der Waals surface area (Å²) in [5, 5.41) is 5.35. The molecule has 12 heteroatoms. The predicted octanol–water partition coefficient (Wildman–Crippen LogP) is 3.16. The monoisotopic (exact) mass is 499 g/mol. The first-order chi connectivity index (χ1) is 14.9. The standard InChI is InChI=1S/C21H26F5NO5S/c1-13(28)16(17(29)32-18(2,3)4)27-33(30,31)20(24)11-10-15(22)21(25,26)19(20,23)12-14-8-6-5-7-9-14/h5-11,13,15-16,27-28H,12H2,1-4H3/t13-,15?,16+,19?,20?/m1/s1. The van der Waals surface area contributed by atoms with Crippen LogP contribution >= 0.6 is 0 Å². The van der Waals surface area contributed by atoms with Crippen LogP contribution in [-0.2, 0) is 26.0 Å². The number of carbonyl (C=O) groups excluding carboxylic acids is 1. The molecule has 1 aromatic rings. The van der Waals surface area contributed by atoms with E-state index in [4.69, 9.17) is 4.74 Å². The first-order valence-electron chi connectivity index (χ1n) is 9.94. The molecular weight excluding hydrogens is 473 g/mol. The van der Waals surface area contributed by atoms with Crippen LogP contribution in [0.5, 0.6) is 0 Å². The maximum absolute atomic E-state index is 16.0. The number of allylic oxidation sites excluding steroid dienone is 1. The van der Waals surface area contributed by atoms with Crippen molar-refractivity contribution in [2.24, 2.45) is 0 Å². The minimum Gasteiger partial charge on any atom is -0.459 e. The average Bonchev–Trinajstić information content (AvgIpc) is 2.67. The lowest BCUT2D eigenvalue weighted by Gasteiger charge is -2.45. The number of esters is 1. The van der Waals surface area contributed by atoms with Crippen molar-refractivity contribution in [2.75, 3.05) is 0 Å². The molecule has 0 bridgehead atoms. The van der Waals surface area contributed by atoms with Crippen LogP contribution in [0.25, 0.3) is 0 Å². The Morgan fingerprint density at radius 2 is 1.73 bits per heavy atom. The van der Waals surface area contributed by atoms with E-state index in [1.54, 1.807) is 0 Å². The van der Waals surface area contributed by atoms with Gasteiger partial charge in [0, 0.05) is 6.42 Å². The van der Waals surface area contributed by atoms with Gasteiger partial charge in [-0.05, 0) is 45.4 Å². The summed E-state index contributed by atoms with van der Waals surface area (Å²) in [5.41, 5.74) is -5.99. The summed E-state index contributed by atoms with van der Waals surface area (Å²) < 4.78 is 108. The highest BCUT2D eigenvalue weighted by Crippen LogP contribution is 2.54. The maximum atomic E-state index is 16.0. The minimum atomic E-state index is -5.84. The normalized spacial score (nSPS) is 29.3. The predicted molar refractivity (Wildman–Crippen MR) is 110 cm³/mol. The van der Waals surface area contributed by atoms with Gasteiger partial charge in [0.2, 0.25) is 5.67 Å². The van der Waals surface area contributed by atoms with Crippen LogP contribution < -0.4 is 4.72 Å². The third-order valence-corrected chi connectivity index (χ3v) is 6.81. The van der Waals surface area contributed by atoms with Crippen molar-refractivity contribution in [3.05, 3.63) is 48.0 Å². The van der Waals surface area contributed by atoms with Crippen LogP contribution in [0.2, 0.25) is 0 Å². The molecular formula is C21H26F5NO5S. The van der Waals surface area contributed by atoms with Crippen LogP contribution in [0.3, 0.4) is 0 Å². The molecule has 0 spiro atoms. The summed E-state index contributed by atoms with van der Waals surface area (Å²) in [5.74, 6) is -6.46. The van der Waals surface area contributed by atoms with Gasteiger partial charge >= 0.3 is 11.9 Å². The van der Waals surface area contributed by atoms with Crippen LogP contribution in [0.1, 0.15) is 33.3 Å². The molecule has 1 aromatic carbocycles. The number of ether oxygens (including phenoxy) is 1. The van der Waals surface area contributed by atoms with Gasteiger partial charge in [-0.1, -0.05) is 30.3 Å². The molecule has 0 amide bonds. The summed E-state index contributed by atoms with van der Waals surface area (Å²) in [6.45, 7) is 5.23. The van der Waals surface area contributed by atoms with E-state index in [1.807, 2.05) is 0 Å². The number of nitrogens with one attached hydrogen (secondary N) is 1. The fraction of sp³-hybridized carbons (Fsp3) is 0.571. The Labute approximate surface area is 188 Å². The van der Waals surface area contributed by atoms with E-state index in [9.17, 15) is 31.5 Å². The van der Waals surface area contributed by atoms with Crippen LogP contribution in [0, 0.1) is 0 Å². The Balaban J connectivity index is 2.58. The third kappa shape index (κ3) is 5.07. The Morgan fingerprint density at radius 3 is 2.21 bits per heavy atom. The molecule has 186 valence electrons. The number of alkyl halides is 5. The lowest BCUT2D eigenvalue weighted by Crippen LogP contribution is -2.70. The lowest BCUT2D eigenvalue weighted by atomic mass is 9.79. The summed E-state index contributed by atoms with van der Waals surface area (Å²) in [4.78, 5) is 12.3. The summed E-state index contributed by atoms with van der Waals surface area (Å²) in [6, 6.07) is 4.22. The molecule has 33 heavy (non-hydrogen) atoms. The molecule has 0 saturated carbocycles. The van der Waals surface area contributed by atoms with Gasteiger partial charge in [-0.2, -0.15) is 13.5 Å². The first kappa shape index (κ1) is 27.2. The third-order valence-electron chi connectivity index (χ3n) is 5.00. The van der Waals surface area contributed by atoms with E-state index >= 15 is 8.78 Å². The van der Waals surface area contributed by atoms with Crippen LogP contribution in [0.15, 0.2) is 42.5 Å². The van der Waals surface area contributed by atoms with Crippen LogP contribution in [-0.4, -0.2) is 60.0 Å². The number of hydrogen-bond acceptors (Lipinski definition) is 5. The van der Waals surface area contributed by atoms with Crippen molar-refractivity contribution in [3.63, 3.8) is 0 Å². The number of aliphatic hydroxyl groups excluding tert-OH is 1. The molecule has 6 nitrogen and oxygen atoms in total. The molecule has 3 unspecified atom stereocenters. The number of hydrogen-bond donors (Lipinski definition) is 2. The number of rotatable bonds is 7. The molecule has 0 aromatic heterocycles. The van der Waals surface area contributed by atoms with Crippen molar-refractivity contribution < 1.29 is 45.0 Å². The van der Waals surface area contributed by atoms with Gasteiger partial charge in [0.25, 0.3) is 15.0 Å². The number of benzene rings is 1. The Bertz CT molecular complexity index is 996. The second kappa shape index (κ2) is 8.95. The van der Waals surface area contributed by atoms with E-state index in [2.05, 4.69) is 0 Å². The van der Waals surface area contributed by atoms with Gasteiger partial charge < -0.3 is 9.84 Å². The van der Waals surface area contributed by atoms with Crippen molar-refractivity contribution >= 4 is 16.0 Å². The zero-order valence-corrected chi connectivity index (χ0v) is 19.2. The fourth-order valence-corrected chi connectivity index (χ4v) is 4.98. The van der Waals surface area contributed by atoms with E-state index < -0.39 is 62.9 Å². The SMILES string of the molecule is C[C@@H](O)[C@H](NS(=O)(=O)C1(F)C=CC(F)C(F)(F)C1(F)Cc1ccccc1)C(=O)OC(C)(C)C. The molecule has 0 fully saturated rings. The molecule has 1 aliphatic rings. The molecule has 0 radical (unpaired) electrons. The van der Waals surface area contributed by atoms with Gasteiger partial charge in [0.1, 0.15) is 11.6 Å². The highest BCUT2D eigenvalue weighted by Gasteiger charge is 2.77. The Hall–Kier alpha value is -2.05. The van der Waals surface area contributed by atoms with Crippen molar-refractivity contribution in [2.45, 2.75) is 74.6 Å². The highest BCUT2D eigenvalue weighted by molar-refractivity contribution is 7.91. The molecule has 5 atom stereocenters. The first-order valence-corrected chi connectivity index (χ1v) is 11.4. The number of carbonyl (C=O) groups is 1. The highest BCUT2D eigenvalue weighted by atomic mass is 32.2. The van der Waals surface area contributed by atoms with Crippen molar-refractivity contribution in [1.29, 1.82) is 0 Å². The molecule has 0 aliphatic heterocycles. The second-order valence-electron chi connectivity index (χ2n) is 8.87. The topological polar surface area (TPSA) is 92.7 Å². The molecule has 1 aliphatic carbocycles. The van der Waals surface area contributed by atoms with Gasteiger partial charge in [0.05, 0.1) is 6.10 Å². The Morgan fingerprint density at radius 1 is 1.18 bits per heavy atom. The minimum absolute atomic E-state index is 0.0904. The van der Waals surface area contributed by atoms with E-state index in [0.29, 0.717) is 0 Å². The number of sulfonamides is 1. The van der Waals surface area contributed by atoms with E-state index in [-0.39, 0.29) is 17.7 Å². The van der Waals surface area contributed by atoms with Crippen molar-refractivity contribution in [1.82, 2.24) is 4.72 Å². The summed E-state index contributed by atoms with van der Waals surface area (Å²) in [7, 11) is -5.84. The van der Waals surface area contributed by atoms with E-state index in [0.717, 1.165) is 19.1 Å². The van der Waals surface area contributed by atoms with Crippen molar-refractivity contribution in [3.8, 4) is 0 Å². The van der Waals surface area contributed by atoms with Gasteiger partial charge in [-0.3, -0.25) is 4.79 Å². The molecule has 2 rings (SSSR count). The van der Waals surface area contributed by atoms with Gasteiger partial charge in [0.15, 0.2) is 6.17 Å². The van der Waals surface area contributed by atoms with Gasteiger partial charge in [-0.25, -0.2) is 21.6 Å². The second-order valence-corrected chi connectivity index (χ2v) is 10.7. The average molecular weight is 499 g/mol. The molecule has 2 N–H and O–H groups in total. The number of aliphatic hydroxyl groups is 1.